The maximum absolute atomic E-state index is 9.45. The maximum atomic E-state index is 9.45. The molecule has 98 valence electrons. The van der Waals surface area contributed by atoms with Crippen molar-refractivity contribution in [1.82, 2.24) is 10.2 Å². The molecule has 1 aliphatic rings. The third-order valence-corrected chi connectivity index (χ3v) is 3.37. The molecule has 0 amide bonds. The van der Waals surface area contributed by atoms with Crippen molar-refractivity contribution in [3.8, 4) is 6.07 Å². The molecule has 1 unspecified atom stereocenters. The summed E-state index contributed by atoms with van der Waals surface area (Å²) in [6.45, 7) is 5.75. The predicted molar refractivity (Wildman–Crippen MR) is 65.5 cm³/mol. The molecular weight excluding hydrogens is 218 g/mol. The van der Waals surface area contributed by atoms with E-state index in [1.54, 1.807) is 14.2 Å². The summed E-state index contributed by atoms with van der Waals surface area (Å²) in [5.74, 6) is 0. The van der Waals surface area contributed by atoms with Crippen LogP contribution in [0.5, 0.6) is 0 Å². The summed E-state index contributed by atoms with van der Waals surface area (Å²) in [6, 6.07) is 2.41. The van der Waals surface area contributed by atoms with Gasteiger partial charge in [0.1, 0.15) is 5.54 Å². The molecule has 0 aromatic carbocycles. The van der Waals surface area contributed by atoms with Gasteiger partial charge in [0.05, 0.1) is 6.07 Å². The van der Waals surface area contributed by atoms with Gasteiger partial charge in [-0.25, -0.2) is 0 Å². The zero-order valence-electron chi connectivity index (χ0n) is 11.0. The first-order valence-corrected chi connectivity index (χ1v) is 6.09. The van der Waals surface area contributed by atoms with Crippen molar-refractivity contribution in [3.63, 3.8) is 0 Å². The van der Waals surface area contributed by atoms with Gasteiger partial charge in [0.25, 0.3) is 0 Å². The third-order valence-electron chi connectivity index (χ3n) is 3.37. The second kappa shape index (κ2) is 6.92. The SMILES string of the molecule is COC(CC(C)(C#N)N1CCCNCC1)OC. The fourth-order valence-electron chi connectivity index (χ4n) is 2.17. The van der Waals surface area contributed by atoms with E-state index in [0.717, 1.165) is 32.6 Å². The van der Waals surface area contributed by atoms with E-state index in [1.165, 1.54) is 0 Å². The highest BCUT2D eigenvalue weighted by Crippen LogP contribution is 2.22. The molecule has 1 N–H and O–H groups in total. The Morgan fingerprint density at radius 1 is 1.35 bits per heavy atom. The second-order valence-electron chi connectivity index (χ2n) is 4.58. The van der Waals surface area contributed by atoms with Crippen LogP contribution in [0.2, 0.25) is 0 Å². The molecule has 1 atom stereocenters. The van der Waals surface area contributed by atoms with Crippen molar-refractivity contribution in [2.45, 2.75) is 31.6 Å². The lowest BCUT2D eigenvalue weighted by molar-refractivity contribution is -0.122. The largest absolute Gasteiger partial charge is 0.356 e. The number of rotatable bonds is 5. The summed E-state index contributed by atoms with van der Waals surface area (Å²) in [7, 11) is 3.21. The average molecular weight is 241 g/mol. The minimum absolute atomic E-state index is 0.323. The van der Waals surface area contributed by atoms with Crippen molar-refractivity contribution < 1.29 is 9.47 Å². The number of nitriles is 1. The molecule has 0 aromatic heterocycles. The summed E-state index contributed by atoms with van der Waals surface area (Å²) in [5, 5.41) is 12.8. The van der Waals surface area contributed by atoms with Crippen LogP contribution < -0.4 is 5.32 Å². The Morgan fingerprint density at radius 3 is 2.65 bits per heavy atom. The van der Waals surface area contributed by atoms with E-state index in [9.17, 15) is 5.26 Å². The Bertz CT molecular complexity index is 255. The van der Waals surface area contributed by atoms with Crippen LogP contribution in [-0.4, -0.2) is 57.1 Å². The van der Waals surface area contributed by atoms with Crippen molar-refractivity contribution >= 4 is 0 Å². The van der Waals surface area contributed by atoms with Gasteiger partial charge in [-0.15, -0.1) is 0 Å². The molecule has 0 spiro atoms. The van der Waals surface area contributed by atoms with Crippen LogP contribution in [0.3, 0.4) is 0 Å². The van der Waals surface area contributed by atoms with Crippen LogP contribution in [-0.2, 0) is 9.47 Å². The molecule has 1 aliphatic heterocycles. The number of hydrogen-bond donors (Lipinski definition) is 1. The molecule has 0 radical (unpaired) electrons. The van der Waals surface area contributed by atoms with Crippen molar-refractivity contribution in [1.29, 1.82) is 5.26 Å². The van der Waals surface area contributed by atoms with E-state index < -0.39 is 5.54 Å². The van der Waals surface area contributed by atoms with Gasteiger partial charge in [0.2, 0.25) is 0 Å². The van der Waals surface area contributed by atoms with E-state index in [2.05, 4.69) is 16.3 Å². The molecule has 0 aromatic rings. The lowest BCUT2D eigenvalue weighted by Crippen LogP contribution is -2.49. The van der Waals surface area contributed by atoms with Gasteiger partial charge >= 0.3 is 0 Å². The topological polar surface area (TPSA) is 57.5 Å². The molecule has 0 aliphatic carbocycles. The zero-order valence-corrected chi connectivity index (χ0v) is 11.0. The average Bonchev–Trinajstić information content (AvgIpc) is 2.65. The first kappa shape index (κ1) is 14.4. The normalized spacial score (nSPS) is 21.8. The molecule has 5 heteroatoms. The van der Waals surface area contributed by atoms with Crippen LogP contribution in [0.4, 0.5) is 0 Å². The number of nitrogens with one attached hydrogen (secondary N) is 1. The van der Waals surface area contributed by atoms with Gasteiger partial charge in [-0.05, 0) is 19.9 Å². The van der Waals surface area contributed by atoms with E-state index >= 15 is 0 Å². The molecule has 0 bridgehead atoms. The summed E-state index contributed by atoms with van der Waals surface area (Å²) in [6.07, 6.45) is 1.31. The van der Waals surface area contributed by atoms with Crippen LogP contribution >= 0.6 is 0 Å². The number of methoxy groups -OCH3 is 2. The lowest BCUT2D eigenvalue weighted by Gasteiger charge is -2.36. The molecule has 17 heavy (non-hydrogen) atoms. The van der Waals surface area contributed by atoms with Crippen LogP contribution in [0.25, 0.3) is 0 Å². The monoisotopic (exact) mass is 241 g/mol. The summed E-state index contributed by atoms with van der Waals surface area (Å²) in [4.78, 5) is 2.22. The summed E-state index contributed by atoms with van der Waals surface area (Å²) < 4.78 is 10.4. The molecule has 1 fully saturated rings. The second-order valence-corrected chi connectivity index (χ2v) is 4.58. The molecule has 1 heterocycles. The van der Waals surface area contributed by atoms with E-state index in [-0.39, 0.29) is 6.29 Å². The minimum Gasteiger partial charge on any atom is -0.356 e. The maximum Gasteiger partial charge on any atom is 0.159 e. The fraction of sp³-hybridized carbons (Fsp3) is 0.917. The Balaban J connectivity index is 2.68. The summed E-state index contributed by atoms with van der Waals surface area (Å²) >= 11 is 0. The standard InChI is InChI=1S/C12H23N3O2/c1-12(10-13,9-11(16-2)17-3)15-7-4-5-14-6-8-15/h11,14H,4-9H2,1-3H3. The number of hydrogen-bond acceptors (Lipinski definition) is 5. The Morgan fingerprint density at radius 2 is 2.06 bits per heavy atom. The summed E-state index contributed by atoms with van der Waals surface area (Å²) in [5.41, 5.74) is -0.525. The van der Waals surface area contributed by atoms with Gasteiger partial charge in [-0.2, -0.15) is 5.26 Å². The van der Waals surface area contributed by atoms with Crippen molar-refractivity contribution in [2.75, 3.05) is 40.4 Å². The fourth-order valence-corrected chi connectivity index (χ4v) is 2.17. The molecule has 1 rings (SSSR count). The Hall–Kier alpha value is -0.670. The minimum atomic E-state index is -0.525. The zero-order chi connectivity index (χ0) is 12.7. The predicted octanol–water partition coefficient (Wildman–Crippen LogP) is 0.573. The first-order chi connectivity index (χ1) is 8.16. The van der Waals surface area contributed by atoms with Crippen LogP contribution in [0.15, 0.2) is 0 Å². The number of nitrogens with zero attached hydrogens (tertiary/aromatic N) is 2. The van der Waals surface area contributed by atoms with Crippen molar-refractivity contribution in [2.24, 2.45) is 0 Å². The molecular formula is C12H23N3O2. The molecule has 1 saturated heterocycles. The van der Waals surface area contributed by atoms with Gasteiger partial charge in [0.15, 0.2) is 6.29 Å². The van der Waals surface area contributed by atoms with Gasteiger partial charge in [-0.1, -0.05) is 0 Å². The smallest absolute Gasteiger partial charge is 0.159 e. The van der Waals surface area contributed by atoms with Crippen molar-refractivity contribution in [3.05, 3.63) is 0 Å². The van der Waals surface area contributed by atoms with Gasteiger partial charge in [0, 0.05) is 40.3 Å². The molecule has 0 saturated carbocycles. The van der Waals surface area contributed by atoms with Gasteiger partial charge in [-0.3, -0.25) is 4.90 Å². The number of ether oxygens (including phenoxy) is 2. The van der Waals surface area contributed by atoms with Crippen LogP contribution in [0.1, 0.15) is 19.8 Å². The highest BCUT2D eigenvalue weighted by molar-refractivity contribution is 5.06. The van der Waals surface area contributed by atoms with Crippen LogP contribution in [0, 0.1) is 11.3 Å². The lowest BCUT2D eigenvalue weighted by atomic mass is 9.96. The van der Waals surface area contributed by atoms with Gasteiger partial charge < -0.3 is 14.8 Å². The first-order valence-electron chi connectivity index (χ1n) is 6.09. The van der Waals surface area contributed by atoms with E-state index in [1.807, 2.05) is 6.92 Å². The Kier molecular flexibility index (Phi) is 5.86. The van der Waals surface area contributed by atoms with E-state index in [0.29, 0.717) is 6.42 Å². The highest BCUT2D eigenvalue weighted by Gasteiger charge is 2.35. The quantitative estimate of drug-likeness (QED) is 0.713. The van der Waals surface area contributed by atoms with E-state index in [4.69, 9.17) is 9.47 Å². The Labute approximate surface area is 104 Å². The third kappa shape index (κ3) is 3.93. The highest BCUT2D eigenvalue weighted by atomic mass is 16.7. The molecule has 5 nitrogen and oxygen atoms in total.